The van der Waals surface area contributed by atoms with Crippen LogP contribution in [0.4, 0.5) is 0 Å². The predicted molar refractivity (Wildman–Crippen MR) is 76.2 cm³/mol. The van der Waals surface area contributed by atoms with E-state index in [-0.39, 0.29) is 0 Å². The van der Waals surface area contributed by atoms with Crippen LogP contribution in [0.1, 0.15) is 25.8 Å². The van der Waals surface area contributed by atoms with Gasteiger partial charge in [0, 0.05) is 11.9 Å². The maximum Gasteiger partial charge on any atom is 0.139 e. The number of hydrogen-bond donors (Lipinski definition) is 0. The Labute approximate surface area is 99.0 Å². The van der Waals surface area contributed by atoms with Crippen LogP contribution < -0.4 is 5.46 Å². The summed E-state index contributed by atoms with van der Waals surface area (Å²) in [5.41, 5.74) is 4.67. The molecule has 0 fully saturated rings. The molecule has 0 radical (unpaired) electrons. The molecule has 0 aliphatic rings. The van der Waals surface area contributed by atoms with E-state index < -0.39 is 0 Å². The lowest BCUT2D eigenvalue weighted by Gasteiger charge is -2.03. The average molecular weight is 211 g/mol. The Balaban J connectivity index is 2.60. The summed E-state index contributed by atoms with van der Waals surface area (Å²) in [6.07, 6.45) is 4.73. The number of nitrogens with zero attached hydrogens (tertiary/aromatic N) is 1. The highest BCUT2D eigenvalue weighted by atomic mass is 14.7. The van der Waals surface area contributed by atoms with Crippen molar-refractivity contribution in [2.45, 2.75) is 20.3 Å². The second-order valence-corrected chi connectivity index (χ2v) is 4.14. The molecule has 0 aliphatic heterocycles. The van der Waals surface area contributed by atoms with Crippen LogP contribution >= 0.6 is 0 Å². The van der Waals surface area contributed by atoms with Crippen LogP contribution in [0.25, 0.3) is 5.57 Å². The van der Waals surface area contributed by atoms with E-state index in [4.69, 9.17) is 0 Å². The number of allylic oxidation sites excluding steroid dienone is 2. The zero-order chi connectivity index (χ0) is 12.0. The molecule has 16 heavy (non-hydrogen) atoms. The predicted octanol–water partition coefficient (Wildman–Crippen LogP) is 2.34. The molecule has 0 aromatic heterocycles. The lowest BCUT2D eigenvalue weighted by atomic mass is 9.92. The summed E-state index contributed by atoms with van der Waals surface area (Å²) in [7, 11) is 2.09. The molecular weight excluding hydrogens is 193 g/mol. The fraction of sp³-hybridized carbons (Fsp3) is 0.214. The Bertz CT molecular complexity index is 426. The zero-order valence-corrected chi connectivity index (χ0v) is 10.3. The van der Waals surface area contributed by atoms with Gasteiger partial charge in [0.25, 0.3) is 0 Å². The number of aliphatic imine (C=N–C) groups is 1. The largest absolute Gasteiger partial charge is 0.267 e. The van der Waals surface area contributed by atoms with E-state index >= 15 is 0 Å². The minimum absolute atomic E-state index is 0.847. The Morgan fingerprint density at radius 2 is 2.19 bits per heavy atom. The van der Waals surface area contributed by atoms with Crippen molar-refractivity contribution in [2.75, 3.05) is 0 Å². The SMILES string of the molecule is Bc1cccc(C(=C)C/C=C\N=C(C)C)c1. The number of hydrogen-bond acceptors (Lipinski definition) is 1. The average Bonchev–Trinajstić information content (AvgIpc) is 2.24. The first-order chi connectivity index (χ1) is 7.59. The smallest absolute Gasteiger partial charge is 0.139 e. The van der Waals surface area contributed by atoms with Gasteiger partial charge in [0.1, 0.15) is 7.85 Å². The van der Waals surface area contributed by atoms with Crippen molar-refractivity contribution in [3.05, 3.63) is 48.7 Å². The number of rotatable bonds is 4. The first kappa shape index (κ1) is 12.5. The first-order valence-corrected chi connectivity index (χ1v) is 5.50. The first-order valence-electron chi connectivity index (χ1n) is 5.50. The third-order valence-electron chi connectivity index (χ3n) is 2.23. The zero-order valence-electron chi connectivity index (χ0n) is 10.3. The monoisotopic (exact) mass is 211 g/mol. The van der Waals surface area contributed by atoms with Gasteiger partial charge >= 0.3 is 0 Å². The summed E-state index contributed by atoms with van der Waals surface area (Å²) in [5, 5.41) is 0. The molecule has 0 saturated carbocycles. The summed E-state index contributed by atoms with van der Waals surface area (Å²) in [6, 6.07) is 8.41. The molecule has 2 heteroatoms. The van der Waals surface area contributed by atoms with E-state index in [0.717, 1.165) is 17.7 Å². The lowest BCUT2D eigenvalue weighted by Crippen LogP contribution is -2.01. The van der Waals surface area contributed by atoms with Crippen molar-refractivity contribution in [2.24, 2.45) is 4.99 Å². The second-order valence-electron chi connectivity index (χ2n) is 4.14. The second kappa shape index (κ2) is 6.11. The normalized spacial score (nSPS) is 10.4. The van der Waals surface area contributed by atoms with Gasteiger partial charge in [-0.1, -0.05) is 42.4 Å². The van der Waals surface area contributed by atoms with Crippen LogP contribution in [0.5, 0.6) is 0 Å². The van der Waals surface area contributed by atoms with E-state index in [9.17, 15) is 0 Å². The molecule has 1 aromatic rings. The molecule has 0 spiro atoms. The highest BCUT2D eigenvalue weighted by Crippen LogP contribution is 2.14. The summed E-state index contributed by atoms with van der Waals surface area (Å²) in [5.74, 6) is 0. The van der Waals surface area contributed by atoms with Crippen molar-refractivity contribution in [1.29, 1.82) is 0 Å². The number of benzene rings is 1. The van der Waals surface area contributed by atoms with Crippen molar-refractivity contribution in [3.8, 4) is 0 Å². The minimum atomic E-state index is 0.847. The molecular formula is C14H18BN. The third kappa shape index (κ3) is 4.30. The van der Waals surface area contributed by atoms with Crippen LogP contribution in [-0.2, 0) is 0 Å². The lowest BCUT2D eigenvalue weighted by molar-refractivity contribution is 1.36. The Kier molecular flexibility index (Phi) is 4.78. The molecule has 0 amide bonds. The van der Waals surface area contributed by atoms with Gasteiger partial charge < -0.3 is 0 Å². The molecule has 1 aromatic carbocycles. The van der Waals surface area contributed by atoms with Gasteiger partial charge in [-0.2, -0.15) is 0 Å². The van der Waals surface area contributed by atoms with Gasteiger partial charge in [0.15, 0.2) is 0 Å². The highest BCUT2D eigenvalue weighted by Gasteiger charge is 1.96. The van der Waals surface area contributed by atoms with E-state index in [2.05, 4.69) is 43.7 Å². The van der Waals surface area contributed by atoms with Gasteiger partial charge in [-0.05, 0) is 31.4 Å². The molecule has 0 aliphatic carbocycles. The molecule has 1 rings (SSSR count). The maximum absolute atomic E-state index is 4.20. The van der Waals surface area contributed by atoms with E-state index in [1.54, 1.807) is 0 Å². The topological polar surface area (TPSA) is 12.4 Å². The van der Waals surface area contributed by atoms with Gasteiger partial charge in [-0.15, -0.1) is 0 Å². The Morgan fingerprint density at radius 1 is 1.44 bits per heavy atom. The fourth-order valence-corrected chi connectivity index (χ4v) is 1.38. The molecule has 0 unspecified atom stereocenters. The Hall–Kier alpha value is -1.57. The summed E-state index contributed by atoms with van der Waals surface area (Å²) >= 11 is 0. The summed E-state index contributed by atoms with van der Waals surface area (Å²) < 4.78 is 0. The van der Waals surface area contributed by atoms with Gasteiger partial charge in [0.2, 0.25) is 0 Å². The third-order valence-corrected chi connectivity index (χ3v) is 2.23. The van der Waals surface area contributed by atoms with Gasteiger partial charge in [0.05, 0.1) is 0 Å². The summed E-state index contributed by atoms with van der Waals surface area (Å²) in [6.45, 7) is 8.05. The molecule has 82 valence electrons. The van der Waals surface area contributed by atoms with Crippen molar-refractivity contribution < 1.29 is 0 Å². The van der Waals surface area contributed by atoms with E-state index in [1.165, 1.54) is 11.0 Å². The van der Waals surface area contributed by atoms with Crippen LogP contribution in [-0.4, -0.2) is 13.6 Å². The van der Waals surface area contributed by atoms with Crippen molar-refractivity contribution in [3.63, 3.8) is 0 Å². The van der Waals surface area contributed by atoms with Crippen LogP contribution in [0.15, 0.2) is 48.1 Å². The molecule has 0 N–H and O–H groups in total. The fourth-order valence-electron chi connectivity index (χ4n) is 1.38. The molecule has 1 nitrogen and oxygen atoms in total. The quantitative estimate of drug-likeness (QED) is 0.535. The molecule has 0 saturated heterocycles. The van der Waals surface area contributed by atoms with Crippen molar-refractivity contribution in [1.82, 2.24) is 0 Å². The standard InChI is InChI=1S/C14H18BN/c1-11(2)16-9-5-6-12(3)13-7-4-8-14(15)10-13/h4-5,7-10H,3,6,15H2,1-2H3/b9-5-. The van der Waals surface area contributed by atoms with Gasteiger partial charge in [-0.3, -0.25) is 4.99 Å². The minimum Gasteiger partial charge on any atom is -0.267 e. The van der Waals surface area contributed by atoms with Crippen molar-refractivity contribution >= 4 is 24.6 Å². The van der Waals surface area contributed by atoms with Crippen LogP contribution in [0.3, 0.4) is 0 Å². The maximum atomic E-state index is 4.20. The molecule has 0 heterocycles. The van der Waals surface area contributed by atoms with E-state index in [1.807, 2.05) is 26.1 Å². The summed E-state index contributed by atoms with van der Waals surface area (Å²) in [4.78, 5) is 4.20. The molecule has 0 atom stereocenters. The van der Waals surface area contributed by atoms with E-state index in [0.29, 0.717) is 0 Å². The van der Waals surface area contributed by atoms with Crippen LogP contribution in [0.2, 0.25) is 0 Å². The Morgan fingerprint density at radius 3 is 2.81 bits per heavy atom. The van der Waals surface area contributed by atoms with Crippen LogP contribution in [0, 0.1) is 0 Å². The van der Waals surface area contributed by atoms with Gasteiger partial charge in [-0.25, -0.2) is 0 Å². The highest BCUT2D eigenvalue weighted by molar-refractivity contribution is 6.32. The molecule has 0 bridgehead atoms.